The van der Waals surface area contributed by atoms with E-state index in [4.69, 9.17) is 11.6 Å². The highest BCUT2D eigenvalue weighted by Crippen LogP contribution is 2.36. The van der Waals surface area contributed by atoms with Crippen LogP contribution < -0.4 is 0 Å². The van der Waals surface area contributed by atoms with Crippen LogP contribution in [0.15, 0.2) is 16.6 Å². The third kappa shape index (κ3) is 1.73. The summed E-state index contributed by atoms with van der Waals surface area (Å²) in [5, 5.41) is 0.731. The SMILES string of the molecule is CC1SCc2c(Cl)cc(Br)cc2C1=O. The van der Waals surface area contributed by atoms with Crippen LogP contribution in [0.25, 0.3) is 0 Å². The molecule has 1 heterocycles. The minimum absolute atomic E-state index is 0.0490. The van der Waals surface area contributed by atoms with Crippen LogP contribution in [-0.2, 0) is 5.75 Å². The summed E-state index contributed by atoms with van der Waals surface area (Å²) in [6.45, 7) is 1.94. The molecule has 1 aliphatic rings. The second kappa shape index (κ2) is 3.87. The summed E-state index contributed by atoms with van der Waals surface area (Å²) >= 11 is 11.0. The molecule has 1 aliphatic heterocycles. The standard InChI is InChI=1S/C10H8BrClOS/c1-5-10(13)7-2-6(11)3-9(12)8(7)4-14-5/h2-3,5H,4H2,1H3. The van der Waals surface area contributed by atoms with Crippen LogP contribution in [0.3, 0.4) is 0 Å². The molecule has 1 aromatic rings. The van der Waals surface area contributed by atoms with Crippen molar-refractivity contribution in [3.05, 3.63) is 32.8 Å². The lowest BCUT2D eigenvalue weighted by atomic mass is 10.0. The van der Waals surface area contributed by atoms with E-state index >= 15 is 0 Å². The Labute approximate surface area is 100 Å². The van der Waals surface area contributed by atoms with Crippen molar-refractivity contribution in [3.8, 4) is 0 Å². The van der Waals surface area contributed by atoms with Gasteiger partial charge in [-0.3, -0.25) is 4.79 Å². The molecule has 74 valence electrons. The highest BCUT2D eigenvalue weighted by atomic mass is 79.9. The van der Waals surface area contributed by atoms with Gasteiger partial charge in [0.05, 0.1) is 5.25 Å². The van der Waals surface area contributed by atoms with E-state index in [0.717, 1.165) is 21.4 Å². The third-order valence-electron chi connectivity index (χ3n) is 2.27. The molecule has 0 amide bonds. The van der Waals surface area contributed by atoms with Crippen molar-refractivity contribution >= 4 is 45.1 Å². The van der Waals surface area contributed by atoms with Crippen LogP contribution in [0.5, 0.6) is 0 Å². The number of hydrogen-bond acceptors (Lipinski definition) is 2. The fourth-order valence-electron chi connectivity index (χ4n) is 1.47. The maximum Gasteiger partial charge on any atom is 0.175 e. The number of carbonyl (C=O) groups excluding carboxylic acids is 1. The molecular weight excluding hydrogens is 284 g/mol. The number of benzene rings is 1. The Morgan fingerprint density at radius 3 is 3.00 bits per heavy atom. The predicted molar refractivity (Wildman–Crippen MR) is 64.2 cm³/mol. The average molecular weight is 292 g/mol. The lowest BCUT2D eigenvalue weighted by Crippen LogP contribution is -2.20. The van der Waals surface area contributed by atoms with Crippen molar-refractivity contribution in [2.75, 3.05) is 0 Å². The van der Waals surface area contributed by atoms with Crippen molar-refractivity contribution in [2.45, 2.75) is 17.9 Å². The highest BCUT2D eigenvalue weighted by molar-refractivity contribution is 9.10. The number of hydrogen-bond donors (Lipinski definition) is 0. The van der Waals surface area contributed by atoms with E-state index in [2.05, 4.69) is 15.9 Å². The van der Waals surface area contributed by atoms with Gasteiger partial charge in [-0.25, -0.2) is 0 Å². The minimum Gasteiger partial charge on any atom is -0.293 e. The molecule has 0 aliphatic carbocycles. The molecule has 14 heavy (non-hydrogen) atoms. The third-order valence-corrected chi connectivity index (χ3v) is 4.24. The summed E-state index contributed by atoms with van der Waals surface area (Å²) < 4.78 is 0.869. The number of carbonyl (C=O) groups is 1. The first-order valence-corrected chi connectivity index (χ1v) is 6.45. The van der Waals surface area contributed by atoms with E-state index in [1.807, 2.05) is 19.1 Å². The molecule has 0 aromatic heterocycles. The molecule has 4 heteroatoms. The van der Waals surface area contributed by atoms with Gasteiger partial charge in [-0.2, -0.15) is 0 Å². The van der Waals surface area contributed by atoms with Gasteiger partial charge in [0.1, 0.15) is 0 Å². The van der Waals surface area contributed by atoms with Crippen LogP contribution in [0, 0.1) is 0 Å². The molecule has 0 fully saturated rings. The average Bonchev–Trinajstić information content (AvgIpc) is 2.12. The second-order valence-corrected chi connectivity index (χ2v) is 5.88. The van der Waals surface area contributed by atoms with E-state index in [1.165, 1.54) is 0 Å². The predicted octanol–water partition coefficient (Wildman–Crippen LogP) is 3.92. The van der Waals surface area contributed by atoms with Crippen molar-refractivity contribution in [1.29, 1.82) is 0 Å². The summed E-state index contributed by atoms with van der Waals surface area (Å²) in [4.78, 5) is 11.8. The Bertz CT molecular complexity index is 405. The fourth-order valence-corrected chi connectivity index (χ4v) is 3.43. The van der Waals surface area contributed by atoms with Crippen LogP contribution in [0.1, 0.15) is 22.8 Å². The summed E-state index contributed by atoms with van der Waals surface area (Å²) in [6, 6.07) is 3.70. The largest absolute Gasteiger partial charge is 0.293 e. The Hall–Kier alpha value is 0.01000. The first kappa shape index (κ1) is 10.5. The molecule has 0 spiro atoms. The lowest BCUT2D eigenvalue weighted by molar-refractivity contribution is 0.0991. The van der Waals surface area contributed by atoms with Crippen LogP contribution in [0.2, 0.25) is 5.02 Å². The van der Waals surface area contributed by atoms with E-state index < -0.39 is 0 Å². The number of halogens is 2. The zero-order chi connectivity index (χ0) is 10.3. The topological polar surface area (TPSA) is 17.1 Å². The lowest BCUT2D eigenvalue weighted by Gasteiger charge is -2.21. The van der Waals surface area contributed by atoms with Gasteiger partial charge in [-0.1, -0.05) is 27.5 Å². The summed E-state index contributed by atoms with van der Waals surface area (Å²) in [5.74, 6) is 1.01. The van der Waals surface area contributed by atoms with Crippen molar-refractivity contribution < 1.29 is 4.79 Å². The first-order chi connectivity index (χ1) is 6.59. The molecule has 1 atom stereocenters. The van der Waals surface area contributed by atoms with Crippen molar-refractivity contribution in [2.24, 2.45) is 0 Å². The minimum atomic E-state index is 0.0490. The molecule has 2 rings (SSSR count). The van der Waals surface area contributed by atoms with Gasteiger partial charge in [0.2, 0.25) is 0 Å². The number of ketones is 1. The highest BCUT2D eigenvalue weighted by Gasteiger charge is 2.26. The van der Waals surface area contributed by atoms with Gasteiger partial charge in [0, 0.05) is 20.8 Å². The van der Waals surface area contributed by atoms with Crippen LogP contribution in [-0.4, -0.2) is 11.0 Å². The summed E-state index contributed by atoms with van der Waals surface area (Å²) in [7, 11) is 0. The van der Waals surface area contributed by atoms with E-state index in [0.29, 0.717) is 5.02 Å². The normalized spacial score (nSPS) is 20.8. The van der Waals surface area contributed by atoms with Gasteiger partial charge >= 0.3 is 0 Å². The molecule has 1 nitrogen and oxygen atoms in total. The van der Waals surface area contributed by atoms with E-state index in [9.17, 15) is 4.79 Å². The van der Waals surface area contributed by atoms with Crippen LogP contribution >= 0.6 is 39.3 Å². The van der Waals surface area contributed by atoms with Gasteiger partial charge in [0.25, 0.3) is 0 Å². The molecule has 0 N–H and O–H groups in total. The Morgan fingerprint density at radius 2 is 2.29 bits per heavy atom. The number of thioether (sulfide) groups is 1. The zero-order valence-electron chi connectivity index (χ0n) is 7.51. The Balaban J connectivity index is 2.60. The van der Waals surface area contributed by atoms with E-state index in [-0.39, 0.29) is 11.0 Å². The zero-order valence-corrected chi connectivity index (χ0v) is 10.7. The fraction of sp³-hybridized carbons (Fsp3) is 0.300. The molecule has 0 saturated heterocycles. The quantitative estimate of drug-likeness (QED) is 0.720. The molecular formula is C10H8BrClOS. The maximum atomic E-state index is 11.8. The number of Topliss-reactive ketones (excluding diaryl/α,β-unsaturated/α-hetero) is 1. The van der Waals surface area contributed by atoms with Gasteiger partial charge < -0.3 is 0 Å². The summed E-state index contributed by atoms with van der Waals surface area (Å²) in [6.07, 6.45) is 0. The monoisotopic (exact) mass is 290 g/mol. The van der Waals surface area contributed by atoms with Gasteiger partial charge in [-0.15, -0.1) is 11.8 Å². The summed E-state index contributed by atoms with van der Waals surface area (Å²) in [5.41, 5.74) is 1.75. The maximum absolute atomic E-state index is 11.8. The smallest absolute Gasteiger partial charge is 0.175 e. The van der Waals surface area contributed by atoms with Crippen molar-refractivity contribution in [1.82, 2.24) is 0 Å². The molecule has 0 bridgehead atoms. The number of fused-ring (bicyclic) bond motifs is 1. The Morgan fingerprint density at radius 1 is 1.57 bits per heavy atom. The van der Waals surface area contributed by atoms with Gasteiger partial charge in [0.15, 0.2) is 5.78 Å². The van der Waals surface area contributed by atoms with Gasteiger partial charge in [-0.05, 0) is 24.6 Å². The second-order valence-electron chi connectivity index (χ2n) is 3.23. The van der Waals surface area contributed by atoms with Crippen LogP contribution in [0.4, 0.5) is 0 Å². The van der Waals surface area contributed by atoms with E-state index in [1.54, 1.807) is 11.8 Å². The molecule has 1 unspecified atom stereocenters. The Kier molecular flexibility index (Phi) is 2.91. The molecule has 0 saturated carbocycles. The molecule has 0 radical (unpaired) electrons. The molecule has 1 aromatic carbocycles. The first-order valence-electron chi connectivity index (χ1n) is 4.23. The van der Waals surface area contributed by atoms with Crippen molar-refractivity contribution in [3.63, 3.8) is 0 Å². The number of rotatable bonds is 0.